The van der Waals surface area contributed by atoms with Crippen molar-refractivity contribution in [3.63, 3.8) is 0 Å². The summed E-state index contributed by atoms with van der Waals surface area (Å²) in [7, 11) is 0. The zero-order valence-electron chi connectivity index (χ0n) is 14.5. The summed E-state index contributed by atoms with van der Waals surface area (Å²) >= 11 is 7.29. The van der Waals surface area contributed by atoms with E-state index in [-0.39, 0.29) is 0 Å². The van der Waals surface area contributed by atoms with Gasteiger partial charge in [-0.3, -0.25) is 0 Å². The van der Waals surface area contributed by atoms with Gasteiger partial charge in [0, 0.05) is 10.1 Å². The van der Waals surface area contributed by atoms with Gasteiger partial charge in [0.25, 0.3) is 0 Å². The van der Waals surface area contributed by atoms with Gasteiger partial charge in [-0.2, -0.15) is 11.8 Å². The molecule has 0 fully saturated rings. The molecule has 0 radical (unpaired) electrons. The van der Waals surface area contributed by atoms with E-state index < -0.39 is 0 Å². The van der Waals surface area contributed by atoms with Crippen LogP contribution < -0.4 is 0 Å². The van der Waals surface area contributed by atoms with E-state index in [0.29, 0.717) is 5.25 Å². The molecule has 1 unspecified atom stereocenters. The first-order valence-electron chi connectivity index (χ1n) is 8.92. The number of thioether (sulfide) groups is 1. The standard InChI is InChI=1S/C19H36S2/c1-4-5-6-7-8-9-10-11-12-13-14-15-16-17-19(20)18(2)21-3/h11-12,18H,4-10,13-17H2,1-3H3. The lowest BCUT2D eigenvalue weighted by molar-refractivity contribution is 0.610. The lowest BCUT2D eigenvalue weighted by atomic mass is 10.1. The maximum Gasteiger partial charge on any atom is 0.0329 e. The van der Waals surface area contributed by atoms with Crippen LogP contribution in [-0.4, -0.2) is 16.4 Å². The lowest BCUT2D eigenvalue weighted by Crippen LogP contribution is -2.09. The second-order valence-electron chi connectivity index (χ2n) is 5.97. The second kappa shape index (κ2) is 16.5. The first-order chi connectivity index (χ1) is 10.2. The number of allylic oxidation sites excluding steroid dienone is 2. The van der Waals surface area contributed by atoms with Crippen LogP contribution in [0, 0.1) is 0 Å². The molecule has 21 heavy (non-hydrogen) atoms. The molecule has 0 amide bonds. The number of unbranched alkanes of at least 4 members (excludes halogenated alkanes) is 9. The van der Waals surface area contributed by atoms with Gasteiger partial charge in [-0.1, -0.05) is 69.8 Å². The summed E-state index contributed by atoms with van der Waals surface area (Å²) in [6.45, 7) is 4.50. The fourth-order valence-electron chi connectivity index (χ4n) is 2.35. The van der Waals surface area contributed by atoms with E-state index in [9.17, 15) is 0 Å². The minimum Gasteiger partial charge on any atom is -0.157 e. The Hall–Kier alpha value is 0.180. The monoisotopic (exact) mass is 328 g/mol. The Labute approximate surface area is 143 Å². The van der Waals surface area contributed by atoms with Gasteiger partial charge < -0.3 is 0 Å². The highest BCUT2D eigenvalue weighted by molar-refractivity contribution is 8.01. The van der Waals surface area contributed by atoms with E-state index in [1.54, 1.807) is 0 Å². The topological polar surface area (TPSA) is 0 Å². The molecule has 0 N–H and O–H groups in total. The fourth-order valence-corrected chi connectivity index (χ4v) is 3.16. The van der Waals surface area contributed by atoms with Crippen molar-refractivity contribution in [2.45, 2.75) is 96.1 Å². The summed E-state index contributed by atoms with van der Waals surface area (Å²) < 4.78 is 0. The highest BCUT2D eigenvalue weighted by Gasteiger charge is 2.05. The molecule has 0 aliphatic carbocycles. The molecular weight excluding hydrogens is 292 g/mol. The van der Waals surface area contributed by atoms with Gasteiger partial charge in [0.15, 0.2) is 0 Å². The number of thiocarbonyl (C=S) groups is 1. The summed E-state index contributed by atoms with van der Waals surface area (Å²) in [6, 6.07) is 0. The largest absolute Gasteiger partial charge is 0.157 e. The zero-order chi connectivity index (χ0) is 15.8. The van der Waals surface area contributed by atoms with Gasteiger partial charge in [-0.25, -0.2) is 0 Å². The van der Waals surface area contributed by atoms with Crippen molar-refractivity contribution < 1.29 is 0 Å². The van der Waals surface area contributed by atoms with Crippen LogP contribution in [0.25, 0.3) is 0 Å². The lowest BCUT2D eigenvalue weighted by Gasteiger charge is -2.09. The molecule has 2 heteroatoms. The van der Waals surface area contributed by atoms with Crippen LogP contribution in [0.3, 0.4) is 0 Å². The van der Waals surface area contributed by atoms with Gasteiger partial charge in [-0.05, 0) is 51.7 Å². The fraction of sp³-hybridized carbons (Fsp3) is 0.842. The van der Waals surface area contributed by atoms with E-state index in [2.05, 4.69) is 32.3 Å². The van der Waals surface area contributed by atoms with Crippen molar-refractivity contribution in [2.24, 2.45) is 0 Å². The Balaban J connectivity index is 3.24. The Kier molecular flexibility index (Phi) is 16.7. The molecule has 0 aromatic carbocycles. The molecule has 0 spiro atoms. The van der Waals surface area contributed by atoms with E-state index in [1.165, 1.54) is 75.5 Å². The summed E-state index contributed by atoms with van der Waals surface area (Å²) in [6.07, 6.45) is 22.9. The van der Waals surface area contributed by atoms with Crippen molar-refractivity contribution in [3.05, 3.63) is 12.2 Å². The molecule has 0 saturated heterocycles. The maximum absolute atomic E-state index is 5.43. The van der Waals surface area contributed by atoms with E-state index in [4.69, 9.17) is 12.2 Å². The van der Waals surface area contributed by atoms with Crippen LogP contribution in [0.15, 0.2) is 12.2 Å². The molecule has 0 bridgehead atoms. The van der Waals surface area contributed by atoms with Crippen LogP contribution in [0.5, 0.6) is 0 Å². The molecule has 0 rings (SSSR count). The Morgan fingerprint density at radius 3 is 2.00 bits per heavy atom. The number of rotatable bonds is 15. The minimum absolute atomic E-state index is 0.553. The van der Waals surface area contributed by atoms with Crippen molar-refractivity contribution in [1.29, 1.82) is 0 Å². The molecule has 0 nitrogen and oxygen atoms in total. The van der Waals surface area contributed by atoms with E-state index in [0.717, 1.165) is 6.42 Å². The first kappa shape index (κ1) is 21.2. The zero-order valence-corrected chi connectivity index (χ0v) is 16.2. The molecule has 0 aliphatic rings. The van der Waals surface area contributed by atoms with Crippen LogP contribution in [0.1, 0.15) is 90.9 Å². The van der Waals surface area contributed by atoms with E-state index >= 15 is 0 Å². The van der Waals surface area contributed by atoms with Crippen molar-refractivity contribution in [1.82, 2.24) is 0 Å². The second-order valence-corrected chi connectivity index (χ2v) is 7.67. The molecule has 0 heterocycles. The van der Waals surface area contributed by atoms with Gasteiger partial charge >= 0.3 is 0 Å². The van der Waals surface area contributed by atoms with Crippen LogP contribution >= 0.6 is 24.0 Å². The summed E-state index contributed by atoms with van der Waals surface area (Å²) in [5.74, 6) is 0. The maximum atomic E-state index is 5.43. The first-order valence-corrected chi connectivity index (χ1v) is 10.6. The summed E-state index contributed by atoms with van der Waals surface area (Å²) in [4.78, 5) is 1.25. The normalized spacial score (nSPS) is 12.9. The average Bonchev–Trinajstić information content (AvgIpc) is 2.50. The molecule has 0 aromatic heterocycles. The Bertz CT molecular complexity index is 258. The van der Waals surface area contributed by atoms with Gasteiger partial charge in [0.1, 0.15) is 0 Å². The predicted molar refractivity (Wildman–Crippen MR) is 106 cm³/mol. The molecule has 0 aromatic rings. The molecule has 0 saturated carbocycles. The number of hydrogen-bond donors (Lipinski definition) is 0. The molecule has 0 aliphatic heterocycles. The third-order valence-corrected chi connectivity index (χ3v) is 5.69. The minimum atomic E-state index is 0.553. The smallest absolute Gasteiger partial charge is 0.0329 e. The number of hydrogen-bond acceptors (Lipinski definition) is 2. The van der Waals surface area contributed by atoms with E-state index in [1.807, 2.05) is 11.8 Å². The predicted octanol–water partition coefficient (Wildman–Crippen LogP) is 7.37. The molecule has 124 valence electrons. The Morgan fingerprint density at radius 1 is 0.905 bits per heavy atom. The van der Waals surface area contributed by atoms with Gasteiger partial charge in [0.2, 0.25) is 0 Å². The summed E-state index contributed by atoms with van der Waals surface area (Å²) in [5.41, 5.74) is 0. The van der Waals surface area contributed by atoms with Crippen LogP contribution in [0.4, 0.5) is 0 Å². The highest BCUT2D eigenvalue weighted by atomic mass is 32.2. The summed E-state index contributed by atoms with van der Waals surface area (Å²) in [5, 5.41) is 0.553. The average molecular weight is 329 g/mol. The quantitative estimate of drug-likeness (QED) is 0.175. The third kappa shape index (κ3) is 14.9. The van der Waals surface area contributed by atoms with Gasteiger partial charge in [0.05, 0.1) is 0 Å². The van der Waals surface area contributed by atoms with Crippen molar-refractivity contribution in [3.8, 4) is 0 Å². The van der Waals surface area contributed by atoms with Crippen molar-refractivity contribution >= 4 is 28.8 Å². The van der Waals surface area contributed by atoms with Gasteiger partial charge in [-0.15, -0.1) is 0 Å². The third-order valence-electron chi connectivity index (χ3n) is 3.99. The van der Waals surface area contributed by atoms with Crippen molar-refractivity contribution in [2.75, 3.05) is 6.26 Å². The SMILES string of the molecule is CCCCCCCCC=CCCCCCC(=S)C(C)SC. The van der Waals surface area contributed by atoms with Crippen LogP contribution in [-0.2, 0) is 0 Å². The van der Waals surface area contributed by atoms with Crippen LogP contribution in [0.2, 0.25) is 0 Å². The molecular formula is C19H36S2. The molecule has 1 atom stereocenters. The highest BCUT2D eigenvalue weighted by Crippen LogP contribution is 2.14. The Morgan fingerprint density at radius 2 is 1.43 bits per heavy atom.